The van der Waals surface area contributed by atoms with Crippen molar-refractivity contribution in [3.05, 3.63) is 21.7 Å². The van der Waals surface area contributed by atoms with Crippen molar-refractivity contribution in [2.24, 2.45) is 4.99 Å². The molecule has 0 amide bonds. The first-order valence-electron chi connectivity index (χ1n) is 6.36. The first-order valence-corrected chi connectivity index (χ1v) is 7.15. The number of hydrogen-bond donors (Lipinski definition) is 0. The highest BCUT2D eigenvalue weighted by atomic mass is 79.9. The molecule has 0 radical (unpaired) electrons. The van der Waals surface area contributed by atoms with Gasteiger partial charge in [-0.2, -0.15) is 4.99 Å². The minimum Gasteiger partial charge on any atom is -0.486 e. The molecule has 2 aliphatic rings. The molecular weight excluding hydrogens is 310 g/mol. The van der Waals surface area contributed by atoms with E-state index < -0.39 is 5.54 Å². The Hall–Kier alpha value is -1.32. The zero-order valence-corrected chi connectivity index (χ0v) is 12.2. The van der Waals surface area contributed by atoms with Crippen LogP contribution in [0.3, 0.4) is 0 Å². The van der Waals surface area contributed by atoms with Crippen LogP contribution in [0.2, 0.25) is 0 Å². The first kappa shape index (κ1) is 12.7. The van der Waals surface area contributed by atoms with Gasteiger partial charge in [0.05, 0.1) is 10.0 Å². The second kappa shape index (κ2) is 4.66. The number of rotatable bonds is 2. The summed E-state index contributed by atoms with van der Waals surface area (Å²) in [7, 11) is 0. The van der Waals surface area contributed by atoms with E-state index in [9.17, 15) is 4.79 Å². The summed E-state index contributed by atoms with van der Waals surface area (Å²) in [6.45, 7) is 3.12. The van der Waals surface area contributed by atoms with Crippen molar-refractivity contribution >= 4 is 22.0 Å². The zero-order chi connectivity index (χ0) is 13.5. The van der Waals surface area contributed by atoms with E-state index in [4.69, 9.17) is 9.47 Å². The summed E-state index contributed by atoms with van der Waals surface area (Å²) < 4.78 is 12.2. The molecule has 1 aliphatic carbocycles. The molecule has 0 spiro atoms. The predicted octanol–water partition coefficient (Wildman–Crippen LogP) is 3.24. The van der Waals surface area contributed by atoms with Gasteiger partial charge in [-0.15, -0.1) is 0 Å². The van der Waals surface area contributed by atoms with Crippen LogP contribution in [0, 0.1) is 6.92 Å². The average Bonchev–Trinajstić information content (AvgIpc) is 2.38. The Morgan fingerprint density at radius 1 is 1.37 bits per heavy atom. The summed E-state index contributed by atoms with van der Waals surface area (Å²) in [6.07, 6.45) is 4.57. The maximum atomic E-state index is 10.7. The minimum absolute atomic E-state index is 0.413. The molecule has 0 atom stereocenters. The predicted molar refractivity (Wildman–Crippen MR) is 73.5 cm³/mol. The Morgan fingerprint density at radius 2 is 2.11 bits per heavy atom. The van der Waals surface area contributed by atoms with Gasteiger partial charge in [0.15, 0.2) is 11.5 Å². The van der Waals surface area contributed by atoms with Gasteiger partial charge in [0.25, 0.3) is 0 Å². The molecule has 0 N–H and O–H groups in total. The molecule has 1 saturated carbocycles. The topological polar surface area (TPSA) is 47.9 Å². The SMILES string of the molecule is Cc1c(C2(N=C=O)CCC2)cc2c(c1Br)OCCO2. The summed E-state index contributed by atoms with van der Waals surface area (Å²) in [5.41, 5.74) is 1.69. The van der Waals surface area contributed by atoms with E-state index in [1.54, 1.807) is 6.08 Å². The molecule has 3 rings (SSSR count). The van der Waals surface area contributed by atoms with Gasteiger partial charge >= 0.3 is 0 Å². The molecule has 1 aromatic rings. The molecule has 100 valence electrons. The van der Waals surface area contributed by atoms with Crippen molar-refractivity contribution in [2.45, 2.75) is 31.7 Å². The number of carbonyl (C=O) groups excluding carboxylic acids is 1. The number of isocyanates is 1. The van der Waals surface area contributed by atoms with E-state index in [0.29, 0.717) is 13.2 Å². The van der Waals surface area contributed by atoms with Crippen LogP contribution in [0.5, 0.6) is 11.5 Å². The second-order valence-electron chi connectivity index (χ2n) is 4.98. The third kappa shape index (κ3) is 1.88. The summed E-state index contributed by atoms with van der Waals surface area (Å²) in [4.78, 5) is 14.8. The lowest BCUT2D eigenvalue weighted by Crippen LogP contribution is -2.33. The third-order valence-electron chi connectivity index (χ3n) is 3.96. The van der Waals surface area contributed by atoms with Gasteiger partial charge in [0.2, 0.25) is 6.08 Å². The van der Waals surface area contributed by atoms with Crippen LogP contribution in [0.4, 0.5) is 0 Å². The molecule has 0 aromatic heterocycles. The monoisotopic (exact) mass is 323 g/mol. The summed E-state index contributed by atoms with van der Waals surface area (Å²) in [5, 5.41) is 0. The number of nitrogens with zero attached hydrogens (tertiary/aromatic N) is 1. The Morgan fingerprint density at radius 3 is 2.74 bits per heavy atom. The van der Waals surface area contributed by atoms with Gasteiger partial charge in [0, 0.05) is 0 Å². The number of aliphatic imine (C=N–C) groups is 1. The highest BCUT2D eigenvalue weighted by molar-refractivity contribution is 9.10. The Balaban J connectivity index is 2.16. The average molecular weight is 324 g/mol. The molecule has 0 bridgehead atoms. The summed E-state index contributed by atoms with van der Waals surface area (Å²) in [5.74, 6) is 1.48. The smallest absolute Gasteiger partial charge is 0.235 e. The lowest BCUT2D eigenvalue weighted by atomic mass is 9.71. The third-order valence-corrected chi connectivity index (χ3v) is 4.92. The second-order valence-corrected chi connectivity index (χ2v) is 5.77. The Kier molecular flexibility index (Phi) is 3.11. The van der Waals surface area contributed by atoms with Gasteiger partial charge in [-0.05, 0) is 59.3 Å². The van der Waals surface area contributed by atoms with Gasteiger partial charge in [0.1, 0.15) is 13.2 Å². The molecule has 1 heterocycles. The minimum atomic E-state index is -0.413. The van der Waals surface area contributed by atoms with Gasteiger partial charge in [-0.25, -0.2) is 4.79 Å². The summed E-state index contributed by atoms with van der Waals surface area (Å²) in [6, 6.07) is 1.97. The molecule has 4 nitrogen and oxygen atoms in total. The largest absolute Gasteiger partial charge is 0.486 e. The molecular formula is C14H14BrNO3. The Bertz CT molecular complexity index is 575. The molecule has 0 saturated heterocycles. The van der Waals surface area contributed by atoms with Gasteiger partial charge < -0.3 is 9.47 Å². The van der Waals surface area contributed by atoms with E-state index in [-0.39, 0.29) is 0 Å². The van der Waals surface area contributed by atoms with Crippen LogP contribution in [0.15, 0.2) is 15.5 Å². The molecule has 1 aromatic carbocycles. The maximum absolute atomic E-state index is 10.7. The van der Waals surface area contributed by atoms with Crippen molar-refractivity contribution in [3.8, 4) is 11.5 Å². The van der Waals surface area contributed by atoms with E-state index in [1.165, 1.54) is 0 Å². The van der Waals surface area contributed by atoms with Crippen LogP contribution >= 0.6 is 15.9 Å². The number of halogens is 1. The van der Waals surface area contributed by atoms with Gasteiger partial charge in [-0.1, -0.05) is 0 Å². The first-order chi connectivity index (χ1) is 9.18. The highest BCUT2D eigenvalue weighted by Crippen LogP contribution is 2.51. The molecule has 5 heteroatoms. The number of benzene rings is 1. The van der Waals surface area contributed by atoms with E-state index >= 15 is 0 Å². The fraction of sp³-hybridized carbons (Fsp3) is 0.500. The van der Waals surface area contributed by atoms with Crippen molar-refractivity contribution in [2.75, 3.05) is 13.2 Å². The Labute approximate surface area is 119 Å². The molecule has 0 unspecified atom stereocenters. The van der Waals surface area contributed by atoms with Crippen LogP contribution in [-0.2, 0) is 10.3 Å². The highest BCUT2D eigenvalue weighted by Gasteiger charge is 2.41. The molecule has 19 heavy (non-hydrogen) atoms. The van der Waals surface area contributed by atoms with Crippen molar-refractivity contribution in [1.29, 1.82) is 0 Å². The zero-order valence-electron chi connectivity index (χ0n) is 10.7. The lowest BCUT2D eigenvalue weighted by Gasteiger charge is -2.39. The fourth-order valence-electron chi connectivity index (χ4n) is 2.76. The van der Waals surface area contributed by atoms with Crippen molar-refractivity contribution in [1.82, 2.24) is 0 Å². The van der Waals surface area contributed by atoms with E-state index in [0.717, 1.165) is 46.4 Å². The number of hydrogen-bond acceptors (Lipinski definition) is 4. The van der Waals surface area contributed by atoms with Crippen LogP contribution in [-0.4, -0.2) is 19.3 Å². The quantitative estimate of drug-likeness (QED) is 0.620. The standard InChI is InChI=1S/C14H14BrNO3/c1-9-10(14(16-8-17)3-2-4-14)7-11-13(12(9)15)19-6-5-18-11/h7H,2-6H2,1H3. The van der Waals surface area contributed by atoms with Crippen LogP contribution < -0.4 is 9.47 Å². The fourth-order valence-corrected chi connectivity index (χ4v) is 3.29. The van der Waals surface area contributed by atoms with Crippen molar-refractivity contribution in [3.63, 3.8) is 0 Å². The van der Waals surface area contributed by atoms with Crippen LogP contribution in [0.25, 0.3) is 0 Å². The van der Waals surface area contributed by atoms with Gasteiger partial charge in [-0.3, -0.25) is 0 Å². The summed E-state index contributed by atoms with van der Waals surface area (Å²) >= 11 is 3.57. The molecule has 1 aliphatic heterocycles. The number of ether oxygens (including phenoxy) is 2. The number of fused-ring (bicyclic) bond motifs is 1. The van der Waals surface area contributed by atoms with Crippen LogP contribution in [0.1, 0.15) is 30.4 Å². The lowest BCUT2D eigenvalue weighted by molar-refractivity contribution is 0.168. The van der Waals surface area contributed by atoms with Crippen molar-refractivity contribution < 1.29 is 14.3 Å². The molecule has 1 fully saturated rings. The normalized spacial score (nSPS) is 19.3. The van der Waals surface area contributed by atoms with E-state index in [1.807, 2.05) is 13.0 Å². The van der Waals surface area contributed by atoms with E-state index in [2.05, 4.69) is 20.9 Å². The maximum Gasteiger partial charge on any atom is 0.235 e.